The Morgan fingerprint density at radius 1 is 1.07 bits per heavy atom. The minimum absolute atomic E-state index is 0.0380. The van der Waals surface area contributed by atoms with Crippen LogP contribution in [0.5, 0.6) is 0 Å². The summed E-state index contributed by atoms with van der Waals surface area (Å²) in [5.74, 6) is 0. The molecule has 76 valence electrons. The molecule has 0 bridgehead atoms. The molecule has 0 amide bonds. The van der Waals surface area contributed by atoms with Crippen LogP contribution in [0.1, 0.15) is 25.7 Å². The molecule has 1 fully saturated rings. The third kappa shape index (κ3) is 2.60. The average Bonchev–Trinajstić information content (AvgIpc) is 2.23. The maximum atomic E-state index is 9.85. The van der Waals surface area contributed by atoms with Gasteiger partial charge in [-0.15, -0.1) is 0 Å². The molecule has 0 aromatic heterocycles. The van der Waals surface area contributed by atoms with Gasteiger partial charge in [-0.1, -0.05) is 0 Å². The molecule has 1 aliphatic carbocycles. The predicted molar refractivity (Wildman–Crippen MR) is 60.1 cm³/mol. The fourth-order valence-electron chi connectivity index (χ4n) is 1.89. The topological polar surface area (TPSA) is 20.2 Å². The Balaban J connectivity index is 1.96. The first-order valence-corrected chi connectivity index (χ1v) is 7.10. The normalized spacial score (nSPS) is 27.5. The second-order valence-electron chi connectivity index (χ2n) is 3.82. The molecule has 2 atom stereocenters. The molecule has 0 radical (unpaired) electrons. The fraction of sp³-hybridized carbons (Fsp3) is 0.500. The van der Waals surface area contributed by atoms with Crippen molar-refractivity contribution in [3.05, 3.63) is 30.3 Å². The summed E-state index contributed by atoms with van der Waals surface area (Å²) >= 11 is 0.459. The first-order valence-electron chi connectivity index (χ1n) is 5.26. The molecule has 0 saturated heterocycles. The number of hydrogen-bond donors (Lipinski definition) is 1. The van der Waals surface area contributed by atoms with Crippen molar-refractivity contribution in [3.63, 3.8) is 0 Å². The van der Waals surface area contributed by atoms with Gasteiger partial charge < -0.3 is 0 Å². The Labute approximate surface area is 91.7 Å². The van der Waals surface area contributed by atoms with E-state index in [1.807, 2.05) is 0 Å². The number of aliphatic hydroxyl groups is 1. The second-order valence-corrected chi connectivity index (χ2v) is 6.58. The van der Waals surface area contributed by atoms with Crippen LogP contribution in [0.3, 0.4) is 0 Å². The molecular weight excluding hydrogens is 239 g/mol. The van der Waals surface area contributed by atoms with Crippen molar-refractivity contribution in [1.82, 2.24) is 0 Å². The Hall–Kier alpha value is -0.301. The number of benzene rings is 1. The van der Waals surface area contributed by atoms with Crippen LogP contribution >= 0.6 is 0 Å². The van der Waals surface area contributed by atoms with E-state index in [1.54, 1.807) is 0 Å². The van der Waals surface area contributed by atoms with Crippen molar-refractivity contribution in [2.75, 3.05) is 0 Å². The van der Waals surface area contributed by atoms with E-state index in [4.69, 9.17) is 0 Å². The van der Waals surface area contributed by atoms with Gasteiger partial charge in [0.15, 0.2) is 0 Å². The summed E-state index contributed by atoms with van der Waals surface area (Å²) < 4.78 is 1.42. The van der Waals surface area contributed by atoms with Crippen LogP contribution in [0.4, 0.5) is 0 Å². The van der Waals surface area contributed by atoms with Crippen molar-refractivity contribution < 1.29 is 5.11 Å². The summed E-state index contributed by atoms with van der Waals surface area (Å²) in [4.78, 5) is 0.554. The molecule has 1 aromatic rings. The van der Waals surface area contributed by atoms with Gasteiger partial charge in [-0.25, -0.2) is 0 Å². The number of rotatable bonds is 2. The van der Waals surface area contributed by atoms with Crippen LogP contribution in [-0.2, 0) is 0 Å². The maximum absolute atomic E-state index is 9.85. The fourth-order valence-corrected chi connectivity index (χ4v) is 4.49. The monoisotopic (exact) mass is 256 g/mol. The van der Waals surface area contributed by atoms with Gasteiger partial charge in [-0.2, -0.15) is 0 Å². The van der Waals surface area contributed by atoms with E-state index in [9.17, 15) is 5.11 Å². The quantitative estimate of drug-likeness (QED) is 0.798. The molecule has 1 aliphatic rings. The SMILES string of the molecule is O[C@@H]1CCCC[C@H]1[Se]c1ccccc1. The Kier molecular flexibility index (Phi) is 3.63. The van der Waals surface area contributed by atoms with Crippen molar-refractivity contribution >= 4 is 19.4 Å². The van der Waals surface area contributed by atoms with Gasteiger partial charge in [0.2, 0.25) is 0 Å². The summed E-state index contributed by atoms with van der Waals surface area (Å²) in [6, 6.07) is 10.6. The van der Waals surface area contributed by atoms with Crippen LogP contribution in [0.15, 0.2) is 30.3 Å². The van der Waals surface area contributed by atoms with E-state index in [1.165, 1.54) is 23.7 Å². The van der Waals surface area contributed by atoms with Crippen LogP contribution < -0.4 is 4.46 Å². The zero-order valence-electron chi connectivity index (χ0n) is 8.23. The van der Waals surface area contributed by atoms with Crippen molar-refractivity contribution in [2.24, 2.45) is 0 Å². The Morgan fingerprint density at radius 3 is 2.50 bits per heavy atom. The zero-order valence-corrected chi connectivity index (χ0v) is 9.94. The van der Waals surface area contributed by atoms with Crippen LogP contribution in [0.2, 0.25) is 4.82 Å². The molecular formula is C12H16OSe. The van der Waals surface area contributed by atoms with Gasteiger partial charge in [-0.3, -0.25) is 0 Å². The number of aliphatic hydroxyl groups excluding tert-OH is 1. The van der Waals surface area contributed by atoms with E-state index in [0.717, 1.165) is 6.42 Å². The molecule has 0 heterocycles. The molecule has 2 heteroatoms. The first-order chi connectivity index (χ1) is 6.86. The van der Waals surface area contributed by atoms with E-state index in [-0.39, 0.29) is 6.10 Å². The summed E-state index contributed by atoms with van der Waals surface area (Å²) in [5.41, 5.74) is 0. The van der Waals surface area contributed by atoms with Crippen LogP contribution in [0, 0.1) is 0 Å². The molecule has 14 heavy (non-hydrogen) atoms. The van der Waals surface area contributed by atoms with Crippen molar-refractivity contribution in [2.45, 2.75) is 36.6 Å². The molecule has 0 spiro atoms. The first kappa shape index (κ1) is 10.2. The third-order valence-electron chi connectivity index (χ3n) is 2.70. The zero-order chi connectivity index (χ0) is 9.80. The van der Waals surface area contributed by atoms with Gasteiger partial charge >= 0.3 is 91.5 Å². The van der Waals surface area contributed by atoms with Crippen molar-refractivity contribution in [3.8, 4) is 0 Å². The summed E-state index contributed by atoms with van der Waals surface area (Å²) in [6.45, 7) is 0. The van der Waals surface area contributed by atoms with Gasteiger partial charge in [-0.05, 0) is 0 Å². The van der Waals surface area contributed by atoms with Crippen LogP contribution in [-0.4, -0.2) is 26.2 Å². The van der Waals surface area contributed by atoms with E-state index < -0.39 is 0 Å². The molecule has 0 aliphatic heterocycles. The van der Waals surface area contributed by atoms with Crippen LogP contribution in [0.25, 0.3) is 0 Å². The molecule has 1 N–H and O–H groups in total. The molecule has 2 rings (SSSR count). The van der Waals surface area contributed by atoms with E-state index >= 15 is 0 Å². The van der Waals surface area contributed by atoms with Gasteiger partial charge in [0, 0.05) is 0 Å². The Bertz CT molecular complexity index is 273. The van der Waals surface area contributed by atoms with Crippen molar-refractivity contribution in [1.29, 1.82) is 0 Å². The second kappa shape index (κ2) is 4.97. The number of hydrogen-bond acceptors (Lipinski definition) is 1. The standard InChI is InChI=1S/C12H16OSe/c13-11-8-4-5-9-12(11)14-10-6-2-1-3-7-10/h1-3,6-7,11-13H,4-5,8-9H2/t11-,12-/m1/s1. The van der Waals surface area contributed by atoms with Gasteiger partial charge in [0.25, 0.3) is 0 Å². The van der Waals surface area contributed by atoms with Gasteiger partial charge in [0.1, 0.15) is 0 Å². The van der Waals surface area contributed by atoms with E-state index in [2.05, 4.69) is 30.3 Å². The molecule has 0 unspecified atom stereocenters. The summed E-state index contributed by atoms with van der Waals surface area (Å²) in [7, 11) is 0. The average molecular weight is 255 g/mol. The molecule has 1 saturated carbocycles. The van der Waals surface area contributed by atoms with Gasteiger partial charge in [0.05, 0.1) is 0 Å². The summed E-state index contributed by atoms with van der Waals surface area (Å²) in [6.07, 6.45) is 4.71. The minimum atomic E-state index is -0.0380. The summed E-state index contributed by atoms with van der Waals surface area (Å²) in [5, 5.41) is 9.85. The molecule has 1 aromatic carbocycles. The predicted octanol–water partition coefficient (Wildman–Crippen LogP) is 1.74. The molecule has 1 nitrogen and oxygen atoms in total. The van der Waals surface area contributed by atoms with E-state index in [0.29, 0.717) is 19.8 Å². The third-order valence-corrected chi connectivity index (χ3v) is 5.63. The Morgan fingerprint density at radius 2 is 1.79 bits per heavy atom.